The molecule has 0 bridgehead atoms. The highest BCUT2D eigenvalue weighted by Crippen LogP contribution is 2.65. The smallest absolute Gasteiger partial charge is 0.0701 e. The van der Waals surface area contributed by atoms with E-state index in [9.17, 15) is 10.2 Å². The number of aliphatic hydroxyl groups excluding tert-OH is 1. The van der Waals surface area contributed by atoms with E-state index >= 15 is 0 Å². The second-order valence-electron chi connectivity index (χ2n) is 9.28. The van der Waals surface area contributed by atoms with Gasteiger partial charge in [-0.15, -0.1) is 0 Å². The van der Waals surface area contributed by atoms with Crippen molar-refractivity contribution in [3.05, 3.63) is 0 Å². The van der Waals surface area contributed by atoms with Crippen molar-refractivity contribution in [2.75, 3.05) is 0 Å². The molecule has 4 rings (SSSR count). The maximum Gasteiger partial charge on any atom is 0.0701 e. The first-order valence-corrected chi connectivity index (χ1v) is 9.89. The molecule has 0 heterocycles. The topological polar surface area (TPSA) is 40.5 Å². The summed E-state index contributed by atoms with van der Waals surface area (Å²) < 4.78 is 0. The molecule has 0 aromatic heterocycles. The van der Waals surface area contributed by atoms with Crippen LogP contribution in [0.1, 0.15) is 78.1 Å². The lowest BCUT2D eigenvalue weighted by atomic mass is 9.49. The van der Waals surface area contributed by atoms with Crippen LogP contribution in [0.5, 0.6) is 0 Å². The van der Waals surface area contributed by atoms with Gasteiger partial charge >= 0.3 is 0 Å². The van der Waals surface area contributed by atoms with Gasteiger partial charge in [0.05, 0.1) is 11.7 Å². The zero-order valence-corrected chi connectivity index (χ0v) is 14.4. The first-order chi connectivity index (χ1) is 10.5. The number of hydrogen-bond acceptors (Lipinski definition) is 2. The van der Waals surface area contributed by atoms with Gasteiger partial charge in [0.1, 0.15) is 0 Å². The van der Waals surface area contributed by atoms with Gasteiger partial charge in [0.2, 0.25) is 0 Å². The molecule has 0 aliphatic heterocycles. The highest BCUT2D eigenvalue weighted by Gasteiger charge is 2.61. The number of rotatable bonds is 1. The minimum absolute atomic E-state index is 0.0247. The molecule has 2 heteroatoms. The molecule has 4 aliphatic carbocycles. The maximum atomic E-state index is 11.2. The Morgan fingerprint density at radius 2 is 1.68 bits per heavy atom. The third-order valence-corrected chi connectivity index (χ3v) is 8.83. The Hall–Kier alpha value is -0.0800. The van der Waals surface area contributed by atoms with Gasteiger partial charge in [0.25, 0.3) is 0 Å². The van der Waals surface area contributed by atoms with Crippen LogP contribution < -0.4 is 0 Å². The van der Waals surface area contributed by atoms with Crippen LogP contribution in [0.15, 0.2) is 0 Å². The molecule has 8 atom stereocenters. The summed E-state index contributed by atoms with van der Waals surface area (Å²) in [6.45, 7) is 4.58. The van der Waals surface area contributed by atoms with Gasteiger partial charge in [0, 0.05) is 0 Å². The quantitative estimate of drug-likeness (QED) is 0.764. The fourth-order valence-electron chi connectivity index (χ4n) is 7.52. The van der Waals surface area contributed by atoms with Gasteiger partial charge in [-0.1, -0.05) is 13.8 Å². The van der Waals surface area contributed by atoms with Crippen molar-refractivity contribution in [3.63, 3.8) is 0 Å². The second-order valence-corrected chi connectivity index (χ2v) is 9.28. The van der Waals surface area contributed by atoms with E-state index in [2.05, 4.69) is 13.8 Å². The molecule has 0 spiro atoms. The van der Waals surface area contributed by atoms with E-state index in [1.807, 2.05) is 0 Å². The summed E-state index contributed by atoms with van der Waals surface area (Å²) >= 11 is 0. The minimum Gasteiger partial charge on any atom is -0.393 e. The molecule has 2 nitrogen and oxygen atoms in total. The number of hydrogen-bond donors (Lipinski definition) is 2. The molecule has 22 heavy (non-hydrogen) atoms. The van der Waals surface area contributed by atoms with Crippen LogP contribution in [-0.2, 0) is 0 Å². The summed E-state index contributed by atoms with van der Waals surface area (Å²) in [5, 5.41) is 21.2. The van der Waals surface area contributed by atoms with Gasteiger partial charge in [0.15, 0.2) is 0 Å². The zero-order chi connectivity index (χ0) is 15.5. The van der Waals surface area contributed by atoms with Crippen molar-refractivity contribution in [3.8, 4) is 0 Å². The Morgan fingerprint density at radius 1 is 0.909 bits per heavy atom. The molecule has 2 N–H and O–H groups in total. The van der Waals surface area contributed by atoms with Crippen LogP contribution in [-0.4, -0.2) is 21.9 Å². The summed E-state index contributed by atoms with van der Waals surface area (Å²) in [5.74, 6) is 4.17. The van der Waals surface area contributed by atoms with Gasteiger partial charge < -0.3 is 10.2 Å². The predicted octanol–water partition coefficient (Wildman–Crippen LogP) is 4.14. The molecule has 0 radical (unpaired) electrons. The Labute approximate surface area is 135 Å². The normalized spacial score (nSPS) is 57.8. The Balaban J connectivity index is 1.58. The van der Waals surface area contributed by atoms with Crippen molar-refractivity contribution in [1.82, 2.24) is 0 Å². The molecule has 126 valence electrons. The summed E-state index contributed by atoms with van der Waals surface area (Å²) in [6.07, 6.45) is 11.8. The van der Waals surface area contributed by atoms with Crippen molar-refractivity contribution in [2.45, 2.75) is 89.8 Å². The van der Waals surface area contributed by atoms with Crippen LogP contribution in [0.2, 0.25) is 0 Å². The van der Waals surface area contributed by atoms with E-state index < -0.39 is 5.60 Å². The molecule has 0 aromatic carbocycles. The highest BCUT2D eigenvalue weighted by molar-refractivity contribution is 5.11. The fraction of sp³-hybridized carbons (Fsp3) is 1.00. The van der Waals surface area contributed by atoms with Crippen molar-refractivity contribution < 1.29 is 10.2 Å². The third kappa shape index (κ3) is 1.99. The average Bonchev–Trinajstić information content (AvgIpc) is 2.79. The van der Waals surface area contributed by atoms with Gasteiger partial charge in [-0.05, 0) is 99.2 Å². The zero-order valence-electron chi connectivity index (χ0n) is 14.4. The van der Waals surface area contributed by atoms with E-state index in [1.165, 1.54) is 38.5 Å². The van der Waals surface area contributed by atoms with Gasteiger partial charge in [-0.3, -0.25) is 0 Å². The standard InChI is InChI=1S/C20H34O2/c1-3-20(22)11-9-18-17-6-4-13-12-14(21)5-7-15(13)16(17)8-10-19(18,20)2/h13-18,21-22H,3-12H2,1-2H3/t13-,14+,15?,16?,17?,18?,19?,20+/m1/s1. The summed E-state index contributed by atoms with van der Waals surface area (Å²) in [5.41, 5.74) is -0.230. The van der Waals surface area contributed by atoms with Crippen LogP contribution in [0.25, 0.3) is 0 Å². The summed E-state index contributed by atoms with van der Waals surface area (Å²) in [4.78, 5) is 0. The lowest BCUT2D eigenvalue weighted by Crippen LogP contribution is -2.53. The lowest BCUT2D eigenvalue weighted by molar-refractivity contribution is -0.134. The SMILES string of the molecule is CC[C@]1(O)CCC2C3CC[C@@H]4C[C@@H](O)CCC4C3CCC21C. The molecule has 0 aromatic rings. The first kappa shape index (κ1) is 15.4. The van der Waals surface area contributed by atoms with Crippen molar-refractivity contribution >= 4 is 0 Å². The number of aliphatic hydroxyl groups is 2. The molecular formula is C20H34O2. The molecule has 0 saturated heterocycles. The average molecular weight is 306 g/mol. The van der Waals surface area contributed by atoms with Gasteiger partial charge in [-0.2, -0.15) is 0 Å². The third-order valence-electron chi connectivity index (χ3n) is 8.83. The minimum atomic E-state index is -0.401. The van der Waals surface area contributed by atoms with E-state index in [-0.39, 0.29) is 11.5 Å². The van der Waals surface area contributed by atoms with Gasteiger partial charge in [-0.25, -0.2) is 0 Å². The predicted molar refractivity (Wildman–Crippen MR) is 88.4 cm³/mol. The molecule has 4 aliphatic rings. The molecule has 4 saturated carbocycles. The number of fused-ring (bicyclic) bond motifs is 5. The second kappa shape index (κ2) is 5.21. The largest absolute Gasteiger partial charge is 0.393 e. The van der Waals surface area contributed by atoms with Crippen molar-refractivity contribution in [2.24, 2.45) is 35.0 Å². The monoisotopic (exact) mass is 306 g/mol. The Kier molecular flexibility index (Phi) is 3.66. The first-order valence-electron chi connectivity index (χ1n) is 9.89. The van der Waals surface area contributed by atoms with Crippen molar-refractivity contribution in [1.29, 1.82) is 0 Å². The summed E-state index contributed by atoms with van der Waals surface area (Å²) in [7, 11) is 0. The summed E-state index contributed by atoms with van der Waals surface area (Å²) in [6, 6.07) is 0. The molecular weight excluding hydrogens is 272 g/mol. The lowest BCUT2D eigenvalue weighted by Gasteiger charge is -2.57. The van der Waals surface area contributed by atoms with E-state index in [0.717, 1.165) is 55.3 Å². The molecule has 0 amide bonds. The van der Waals surface area contributed by atoms with E-state index in [0.29, 0.717) is 0 Å². The Bertz CT molecular complexity index is 435. The fourth-order valence-corrected chi connectivity index (χ4v) is 7.52. The van der Waals surface area contributed by atoms with Crippen LogP contribution in [0.3, 0.4) is 0 Å². The van der Waals surface area contributed by atoms with E-state index in [4.69, 9.17) is 0 Å². The highest BCUT2D eigenvalue weighted by atomic mass is 16.3. The Morgan fingerprint density at radius 3 is 2.45 bits per heavy atom. The van der Waals surface area contributed by atoms with Crippen LogP contribution in [0, 0.1) is 35.0 Å². The van der Waals surface area contributed by atoms with E-state index in [1.54, 1.807) is 0 Å². The maximum absolute atomic E-state index is 11.2. The molecule has 4 fully saturated rings. The van der Waals surface area contributed by atoms with Crippen LogP contribution in [0.4, 0.5) is 0 Å². The van der Waals surface area contributed by atoms with Crippen LogP contribution >= 0.6 is 0 Å². The molecule has 5 unspecified atom stereocenters.